The molecular formula is C18H25F2NO3S. The Kier molecular flexibility index (Phi) is 8.35. The summed E-state index contributed by atoms with van der Waals surface area (Å²) < 4.78 is 33.2. The number of anilines is 1. The summed E-state index contributed by atoms with van der Waals surface area (Å²) in [7, 11) is 0. The molecule has 0 aliphatic rings. The molecule has 0 bridgehead atoms. The topological polar surface area (TPSA) is 55.4 Å². The Morgan fingerprint density at radius 2 is 1.80 bits per heavy atom. The highest BCUT2D eigenvalue weighted by Gasteiger charge is 2.23. The van der Waals surface area contributed by atoms with E-state index in [0.717, 1.165) is 11.8 Å². The van der Waals surface area contributed by atoms with Gasteiger partial charge in [-0.2, -0.15) is 0 Å². The number of hydrogen-bond acceptors (Lipinski definition) is 4. The van der Waals surface area contributed by atoms with E-state index in [0.29, 0.717) is 12.5 Å². The number of ether oxygens (including phenoxy) is 1. The van der Waals surface area contributed by atoms with Crippen molar-refractivity contribution in [2.45, 2.75) is 51.2 Å². The molecule has 0 fully saturated rings. The van der Waals surface area contributed by atoms with Gasteiger partial charge in [-0.25, -0.2) is 8.78 Å². The summed E-state index contributed by atoms with van der Waals surface area (Å²) in [5.41, 5.74) is -0.104. The highest BCUT2D eigenvalue weighted by Crippen LogP contribution is 2.32. The molecule has 0 heterocycles. The number of esters is 1. The van der Waals surface area contributed by atoms with Gasteiger partial charge in [0.15, 0.2) is 0 Å². The summed E-state index contributed by atoms with van der Waals surface area (Å²) in [6, 6.07) is 1.93. The van der Waals surface area contributed by atoms with Crippen LogP contribution in [0.2, 0.25) is 0 Å². The van der Waals surface area contributed by atoms with Crippen molar-refractivity contribution in [2.24, 2.45) is 11.8 Å². The Balaban J connectivity index is 2.95. The zero-order valence-electron chi connectivity index (χ0n) is 15.2. The van der Waals surface area contributed by atoms with Crippen LogP contribution in [0, 0.1) is 23.5 Å². The Labute approximate surface area is 151 Å². The van der Waals surface area contributed by atoms with E-state index >= 15 is 0 Å². The van der Waals surface area contributed by atoms with Crippen molar-refractivity contribution in [3.8, 4) is 0 Å². The van der Waals surface area contributed by atoms with Crippen LogP contribution < -0.4 is 5.32 Å². The summed E-state index contributed by atoms with van der Waals surface area (Å²) in [5, 5.41) is 1.82. The zero-order valence-corrected chi connectivity index (χ0v) is 16.0. The van der Waals surface area contributed by atoms with Gasteiger partial charge in [0.2, 0.25) is 5.91 Å². The highest BCUT2D eigenvalue weighted by molar-refractivity contribution is 8.00. The van der Waals surface area contributed by atoms with E-state index in [4.69, 9.17) is 4.74 Å². The molecule has 0 radical (unpaired) electrons. The summed E-state index contributed by atoms with van der Waals surface area (Å²) >= 11 is 0.966. The van der Waals surface area contributed by atoms with Crippen molar-refractivity contribution >= 4 is 29.3 Å². The summed E-state index contributed by atoms with van der Waals surface area (Å²) in [5.74, 6) is -2.57. The second kappa shape index (κ2) is 9.75. The fourth-order valence-electron chi connectivity index (χ4n) is 1.79. The molecule has 0 saturated carbocycles. The van der Waals surface area contributed by atoms with Crippen LogP contribution >= 0.6 is 11.8 Å². The SMILES string of the molecule is CCC(Sc1cc(NC(=O)C(C)C)c(F)cc1F)C(=O)OCC(C)C. The van der Waals surface area contributed by atoms with Crippen molar-refractivity contribution in [3.63, 3.8) is 0 Å². The standard InChI is InChI=1S/C18H25F2NO3S/c1-6-15(18(23)24-9-10(2)3)25-16-8-14(12(19)7-13(16)20)21-17(22)11(4)5/h7-8,10-11,15H,6,9H2,1-5H3,(H,21,22). The molecule has 140 valence electrons. The number of carbonyl (C=O) groups excluding carboxylic acids is 2. The number of carbonyl (C=O) groups is 2. The largest absolute Gasteiger partial charge is 0.465 e. The first kappa shape index (κ1) is 21.4. The molecule has 0 aliphatic heterocycles. The fourth-order valence-corrected chi connectivity index (χ4v) is 2.78. The number of thioether (sulfide) groups is 1. The first-order valence-electron chi connectivity index (χ1n) is 8.28. The third-order valence-corrected chi connectivity index (χ3v) is 4.64. The van der Waals surface area contributed by atoms with E-state index in [1.165, 1.54) is 6.07 Å². The lowest BCUT2D eigenvalue weighted by Crippen LogP contribution is -2.22. The highest BCUT2D eigenvalue weighted by atomic mass is 32.2. The third kappa shape index (κ3) is 6.65. The molecule has 1 rings (SSSR count). The van der Waals surface area contributed by atoms with E-state index in [2.05, 4.69) is 5.32 Å². The van der Waals surface area contributed by atoms with E-state index in [1.54, 1.807) is 20.8 Å². The molecule has 1 aromatic carbocycles. The van der Waals surface area contributed by atoms with E-state index in [1.807, 2.05) is 13.8 Å². The maximum absolute atomic E-state index is 14.1. The van der Waals surface area contributed by atoms with E-state index in [9.17, 15) is 18.4 Å². The van der Waals surface area contributed by atoms with Crippen LogP contribution in [0.5, 0.6) is 0 Å². The Hall–Kier alpha value is -1.63. The molecule has 1 aromatic rings. The Morgan fingerprint density at radius 3 is 2.32 bits per heavy atom. The van der Waals surface area contributed by atoms with Gasteiger partial charge in [-0.05, 0) is 18.4 Å². The first-order chi connectivity index (χ1) is 11.6. The molecule has 0 saturated heterocycles. The second-order valence-electron chi connectivity index (χ2n) is 6.45. The Bertz CT molecular complexity index is 621. The molecule has 4 nitrogen and oxygen atoms in total. The van der Waals surface area contributed by atoms with Gasteiger partial charge < -0.3 is 10.1 Å². The van der Waals surface area contributed by atoms with Gasteiger partial charge in [-0.1, -0.05) is 34.6 Å². The van der Waals surface area contributed by atoms with Gasteiger partial charge in [0.1, 0.15) is 16.9 Å². The van der Waals surface area contributed by atoms with Gasteiger partial charge in [-0.3, -0.25) is 9.59 Å². The smallest absolute Gasteiger partial charge is 0.319 e. The van der Waals surface area contributed by atoms with Gasteiger partial charge >= 0.3 is 5.97 Å². The van der Waals surface area contributed by atoms with E-state index in [-0.39, 0.29) is 34.9 Å². The van der Waals surface area contributed by atoms with Crippen molar-refractivity contribution in [2.75, 3.05) is 11.9 Å². The predicted molar refractivity (Wildman–Crippen MR) is 95.6 cm³/mol. The number of amides is 1. The van der Waals surface area contributed by atoms with Crippen LogP contribution in [0.25, 0.3) is 0 Å². The average molecular weight is 373 g/mol. The number of halogens is 2. The number of benzene rings is 1. The van der Waals surface area contributed by atoms with Crippen molar-refractivity contribution in [1.82, 2.24) is 0 Å². The van der Waals surface area contributed by atoms with Crippen LogP contribution in [0.3, 0.4) is 0 Å². The predicted octanol–water partition coefficient (Wildman–Crippen LogP) is 4.63. The normalized spacial score (nSPS) is 12.4. The third-order valence-electron chi connectivity index (χ3n) is 3.27. The molecule has 1 unspecified atom stereocenters. The first-order valence-corrected chi connectivity index (χ1v) is 9.16. The summed E-state index contributed by atoms with van der Waals surface area (Å²) in [4.78, 5) is 23.9. The summed E-state index contributed by atoms with van der Waals surface area (Å²) in [6.07, 6.45) is 0.437. The minimum Gasteiger partial charge on any atom is -0.465 e. The van der Waals surface area contributed by atoms with Crippen molar-refractivity contribution in [1.29, 1.82) is 0 Å². The lowest BCUT2D eigenvalue weighted by atomic mass is 10.2. The van der Waals surface area contributed by atoms with Gasteiger partial charge in [0.05, 0.1) is 12.3 Å². The van der Waals surface area contributed by atoms with Gasteiger partial charge in [0.25, 0.3) is 0 Å². The maximum Gasteiger partial charge on any atom is 0.319 e. The lowest BCUT2D eigenvalue weighted by molar-refractivity contribution is -0.144. The molecule has 0 aromatic heterocycles. The molecular weight excluding hydrogens is 348 g/mol. The number of nitrogens with one attached hydrogen (secondary N) is 1. The van der Waals surface area contributed by atoms with E-state index < -0.39 is 22.9 Å². The molecule has 0 spiro atoms. The lowest BCUT2D eigenvalue weighted by Gasteiger charge is -2.16. The van der Waals surface area contributed by atoms with Gasteiger partial charge in [0, 0.05) is 16.9 Å². The van der Waals surface area contributed by atoms with Crippen LogP contribution in [-0.2, 0) is 14.3 Å². The second-order valence-corrected chi connectivity index (χ2v) is 7.69. The van der Waals surface area contributed by atoms with Crippen molar-refractivity contribution in [3.05, 3.63) is 23.8 Å². The quantitative estimate of drug-likeness (QED) is 0.533. The van der Waals surface area contributed by atoms with Crippen LogP contribution in [0.4, 0.5) is 14.5 Å². The fraction of sp³-hybridized carbons (Fsp3) is 0.556. The minimum atomic E-state index is -0.855. The Morgan fingerprint density at radius 1 is 1.16 bits per heavy atom. The molecule has 0 aliphatic carbocycles. The number of rotatable bonds is 8. The summed E-state index contributed by atoms with van der Waals surface area (Å²) in [6.45, 7) is 9.26. The average Bonchev–Trinajstić information content (AvgIpc) is 2.53. The van der Waals surface area contributed by atoms with Crippen LogP contribution in [-0.4, -0.2) is 23.7 Å². The molecule has 7 heteroatoms. The monoisotopic (exact) mass is 373 g/mol. The molecule has 25 heavy (non-hydrogen) atoms. The minimum absolute atomic E-state index is 0.0915. The maximum atomic E-state index is 14.1. The zero-order chi connectivity index (χ0) is 19.1. The van der Waals surface area contributed by atoms with Crippen molar-refractivity contribution < 1.29 is 23.1 Å². The number of hydrogen-bond donors (Lipinski definition) is 1. The van der Waals surface area contributed by atoms with Crippen LogP contribution in [0.15, 0.2) is 17.0 Å². The van der Waals surface area contributed by atoms with Gasteiger partial charge in [-0.15, -0.1) is 11.8 Å². The molecule has 1 N–H and O–H groups in total. The molecule has 1 amide bonds. The van der Waals surface area contributed by atoms with Crippen LogP contribution in [0.1, 0.15) is 41.0 Å². The molecule has 1 atom stereocenters.